The van der Waals surface area contributed by atoms with Gasteiger partial charge < -0.3 is 5.11 Å². The Balaban J connectivity index is 2.07. The van der Waals surface area contributed by atoms with Crippen molar-refractivity contribution in [3.8, 4) is 0 Å². The molecule has 2 rings (SSSR count). The highest BCUT2D eigenvalue weighted by Gasteiger charge is 2.54. The summed E-state index contributed by atoms with van der Waals surface area (Å²) in [5.74, 6) is 0.672. The molecule has 0 bridgehead atoms. The molecule has 1 nitrogen and oxygen atoms in total. The Morgan fingerprint density at radius 2 is 2.33 bits per heavy atom. The van der Waals surface area contributed by atoms with Crippen LogP contribution in [0.1, 0.15) is 32.6 Å². The Kier molecular flexibility index (Phi) is 0.963. The highest BCUT2D eigenvalue weighted by Crippen LogP contribution is 2.60. The molecule has 0 spiro atoms. The van der Waals surface area contributed by atoms with E-state index in [2.05, 4.69) is 6.92 Å². The molecule has 2 aliphatic rings. The molecule has 0 heterocycles. The van der Waals surface area contributed by atoms with Crippen LogP contribution >= 0.6 is 0 Å². The van der Waals surface area contributed by atoms with Crippen LogP contribution in [0.5, 0.6) is 0 Å². The van der Waals surface area contributed by atoms with E-state index in [4.69, 9.17) is 0 Å². The number of hydrogen-bond acceptors (Lipinski definition) is 1. The zero-order chi connectivity index (χ0) is 6.48. The van der Waals surface area contributed by atoms with Gasteiger partial charge in [0, 0.05) is 0 Å². The summed E-state index contributed by atoms with van der Waals surface area (Å²) >= 11 is 0. The summed E-state index contributed by atoms with van der Waals surface area (Å²) < 4.78 is 0. The highest BCUT2D eigenvalue weighted by atomic mass is 16.3. The molecule has 0 aromatic rings. The van der Waals surface area contributed by atoms with Gasteiger partial charge in [-0.05, 0) is 30.6 Å². The Morgan fingerprint density at radius 1 is 1.56 bits per heavy atom. The van der Waals surface area contributed by atoms with Crippen molar-refractivity contribution < 1.29 is 5.11 Å². The molecule has 0 radical (unpaired) electrons. The third-order valence-corrected chi connectivity index (χ3v) is 3.13. The zero-order valence-electron chi connectivity index (χ0n) is 5.93. The Bertz CT molecular complexity index is 133. The molecular formula is C8H14O. The molecule has 9 heavy (non-hydrogen) atoms. The third kappa shape index (κ3) is 0.710. The lowest BCUT2D eigenvalue weighted by molar-refractivity contribution is 0.0977. The topological polar surface area (TPSA) is 20.2 Å². The number of rotatable bonds is 0. The van der Waals surface area contributed by atoms with Crippen LogP contribution in [-0.2, 0) is 0 Å². The van der Waals surface area contributed by atoms with E-state index in [-0.39, 0.29) is 6.10 Å². The molecule has 3 atom stereocenters. The van der Waals surface area contributed by atoms with Crippen molar-refractivity contribution in [2.45, 2.75) is 38.7 Å². The van der Waals surface area contributed by atoms with Crippen molar-refractivity contribution in [3.05, 3.63) is 0 Å². The predicted molar refractivity (Wildman–Crippen MR) is 36.1 cm³/mol. The minimum absolute atomic E-state index is 0.0451. The van der Waals surface area contributed by atoms with E-state index >= 15 is 0 Å². The summed E-state index contributed by atoms with van der Waals surface area (Å²) in [6.45, 7) is 2.31. The SMILES string of the molecule is C[C@]12CCC[C@@H](O)[C@H]1C2. The van der Waals surface area contributed by atoms with Crippen molar-refractivity contribution in [1.29, 1.82) is 0 Å². The minimum atomic E-state index is 0.0451. The number of aliphatic hydroxyl groups excluding tert-OH is 1. The third-order valence-electron chi connectivity index (χ3n) is 3.13. The van der Waals surface area contributed by atoms with Gasteiger partial charge in [0.15, 0.2) is 0 Å². The molecule has 2 fully saturated rings. The first-order valence-electron chi connectivity index (χ1n) is 3.90. The molecule has 2 saturated carbocycles. The molecule has 1 N–H and O–H groups in total. The smallest absolute Gasteiger partial charge is 0.0573 e. The maximum atomic E-state index is 9.38. The van der Waals surface area contributed by atoms with Gasteiger partial charge in [-0.3, -0.25) is 0 Å². The predicted octanol–water partition coefficient (Wildman–Crippen LogP) is 1.56. The molecule has 2 aliphatic carbocycles. The molecule has 0 unspecified atom stereocenters. The maximum Gasteiger partial charge on any atom is 0.0573 e. The summed E-state index contributed by atoms with van der Waals surface area (Å²) in [4.78, 5) is 0. The van der Waals surface area contributed by atoms with Gasteiger partial charge in [0.25, 0.3) is 0 Å². The van der Waals surface area contributed by atoms with E-state index < -0.39 is 0 Å². The second-order valence-electron chi connectivity index (χ2n) is 3.92. The summed E-state index contributed by atoms with van der Waals surface area (Å²) in [5, 5.41) is 9.38. The quantitative estimate of drug-likeness (QED) is 0.522. The second kappa shape index (κ2) is 1.51. The van der Waals surface area contributed by atoms with Crippen LogP contribution in [0, 0.1) is 11.3 Å². The summed E-state index contributed by atoms with van der Waals surface area (Å²) in [5.41, 5.74) is 0.567. The van der Waals surface area contributed by atoms with Gasteiger partial charge in [-0.1, -0.05) is 13.3 Å². The zero-order valence-corrected chi connectivity index (χ0v) is 5.93. The largest absolute Gasteiger partial charge is 0.393 e. The number of hydrogen-bond donors (Lipinski definition) is 1. The molecule has 0 aliphatic heterocycles. The van der Waals surface area contributed by atoms with E-state index in [1.54, 1.807) is 0 Å². The van der Waals surface area contributed by atoms with E-state index in [1.165, 1.54) is 19.3 Å². The van der Waals surface area contributed by atoms with Crippen molar-refractivity contribution >= 4 is 0 Å². The Hall–Kier alpha value is -0.0400. The van der Waals surface area contributed by atoms with Gasteiger partial charge in [-0.15, -0.1) is 0 Å². The van der Waals surface area contributed by atoms with Crippen molar-refractivity contribution in [2.24, 2.45) is 11.3 Å². The van der Waals surface area contributed by atoms with Gasteiger partial charge in [0.05, 0.1) is 6.10 Å². The van der Waals surface area contributed by atoms with Crippen LogP contribution in [0.3, 0.4) is 0 Å². The summed E-state index contributed by atoms with van der Waals surface area (Å²) in [6, 6.07) is 0. The monoisotopic (exact) mass is 126 g/mol. The van der Waals surface area contributed by atoms with Crippen LogP contribution in [-0.4, -0.2) is 11.2 Å². The first-order chi connectivity index (χ1) is 4.22. The van der Waals surface area contributed by atoms with E-state index in [1.807, 2.05) is 0 Å². The molecule has 0 aromatic heterocycles. The molecule has 52 valence electrons. The first-order valence-corrected chi connectivity index (χ1v) is 3.90. The van der Waals surface area contributed by atoms with E-state index in [0.717, 1.165) is 6.42 Å². The highest BCUT2D eigenvalue weighted by molar-refractivity contribution is 5.04. The van der Waals surface area contributed by atoms with Crippen LogP contribution in [0.4, 0.5) is 0 Å². The summed E-state index contributed by atoms with van der Waals surface area (Å²) in [7, 11) is 0. The van der Waals surface area contributed by atoms with Crippen molar-refractivity contribution in [3.63, 3.8) is 0 Å². The molecular weight excluding hydrogens is 112 g/mol. The van der Waals surface area contributed by atoms with Gasteiger partial charge in [0.1, 0.15) is 0 Å². The van der Waals surface area contributed by atoms with Crippen molar-refractivity contribution in [1.82, 2.24) is 0 Å². The lowest BCUT2D eigenvalue weighted by atomic mass is 9.88. The number of aliphatic hydroxyl groups is 1. The first kappa shape index (κ1) is 5.72. The number of fused-ring (bicyclic) bond motifs is 1. The second-order valence-corrected chi connectivity index (χ2v) is 3.92. The van der Waals surface area contributed by atoms with E-state index in [9.17, 15) is 5.11 Å². The minimum Gasteiger partial charge on any atom is -0.393 e. The lowest BCUT2D eigenvalue weighted by Crippen LogP contribution is -2.19. The molecule has 0 amide bonds. The Morgan fingerprint density at radius 3 is 2.89 bits per heavy atom. The van der Waals surface area contributed by atoms with Gasteiger partial charge in [-0.25, -0.2) is 0 Å². The average Bonchev–Trinajstić information content (AvgIpc) is 2.43. The van der Waals surface area contributed by atoms with Gasteiger partial charge in [-0.2, -0.15) is 0 Å². The van der Waals surface area contributed by atoms with Crippen LogP contribution < -0.4 is 0 Å². The lowest BCUT2D eigenvalue weighted by Gasteiger charge is -2.21. The fourth-order valence-corrected chi connectivity index (χ4v) is 2.25. The van der Waals surface area contributed by atoms with Crippen LogP contribution in [0.2, 0.25) is 0 Å². The average molecular weight is 126 g/mol. The standard InChI is InChI=1S/C8H14O/c1-8-4-2-3-7(9)6(8)5-8/h6-7,9H,2-5H2,1H3/t6-,7-,8-/m1/s1. The van der Waals surface area contributed by atoms with Crippen LogP contribution in [0.25, 0.3) is 0 Å². The molecule has 1 heteroatoms. The van der Waals surface area contributed by atoms with E-state index in [0.29, 0.717) is 11.3 Å². The maximum absolute atomic E-state index is 9.38. The molecule has 0 aromatic carbocycles. The molecule has 0 saturated heterocycles. The van der Waals surface area contributed by atoms with Crippen molar-refractivity contribution in [2.75, 3.05) is 0 Å². The van der Waals surface area contributed by atoms with Crippen LogP contribution in [0.15, 0.2) is 0 Å². The summed E-state index contributed by atoms with van der Waals surface area (Å²) in [6.07, 6.45) is 4.99. The normalized spacial score (nSPS) is 56.7. The van der Waals surface area contributed by atoms with Gasteiger partial charge >= 0.3 is 0 Å². The fourth-order valence-electron chi connectivity index (χ4n) is 2.25. The fraction of sp³-hybridized carbons (Fsp3) is 1.00. The van der Waals surface area contributed by atoms with Gasteiger partial charge in [0.2, 0.25) is 0 Å². The Labute approximate surface area is 56.1 Å².